The number of benzene rings is 2. The molecule has 0 saturated carbocycles. The van der Waals surface area contributed by atoms with Crippen molar-refractivity contribution in [1.29, 1.82) is 0 Å². The Bertz CT molecular complexity index is 796. The van der Waals surface area contributed by atoms with Gasteiger partial charge in [-0.3, -0.25) is 4.79 Å². The van der Waals surface area contributed by atoms with Crippen molar-refractivity contribution in [1.82, 2.24) is 10.2 Å². The van der Waals surface area contributed by atoms with E-state index in [0.717, 1.165) is 37.1 Å². The Balaban J connectivity index is 1.57. The quantitative estimate of drug-likeness (QED) is 0.853. The van der Waals surface area contributed by atoms with Crippen LogP contribution in [0.25, 0.3) is 0 Å². The van der Waals surface area contributed by atoms with Crippen LogP contribution in [-0.2, 0) is 6.54 Å². The number of piperidine rings is 1. The molecule has 1 fully saturated rings. The molecule has 1 heterocycles. The molecule has 2 aromatic carbocycles. The maximum absolute atomic E-state index is 12.7. The van der Waals surface area contributed by atoms with Gasteiger partial charge in [-0.15, -0.1) is 0 Å². The number of aryl methyl sites for hydroxylation is 1. The smallest absolute Gasteiger partial charge is 0.319 e. The number of rotatable bonds is 4. The van der Waals surface area contributed by atoms with Crippen LogP contribution < -0.4 is 10.6 Å². The number of urea groups is 1. The van der Waals surface area contributed by atoms with E-state index in [9.17, 15) is 9.59 Å². The molecule has 0 aromatic heterocycles. The summed E-state index contributed by atoms with van der Waals surface area (Å²) in [7, 11) is 0. The minimum absolute atomic E-state index is 0.0741. The fourth-order valence-electron chi connectivity index (χ4n) is 3.28. The van der Waals surface area contributed by atoms with Crippen molar-refractivity contribution in [3.63, 3.8) is 0 Å². The van der Waals surface area contributed by atoms with Gasteiger partial charge in [0.05, 0.1) is 0 Å². The lowest BCUT2D eigenvalue weighted by Crippen LogP contribution is -2.37. The Morgan fingerprint density at radius 2 is 1.78 bits per heavy atom. The third-order valence-corrected chi connectivity index (χ3v) is 5.09. The molecule has 2 aromatic rings. The van der Waals surface area contributed by atoms with E-state index in [4.69, 9.17) is 0 Å². The minimum Gasteiger partial charge on any atom is -0.339 e. The van der Waals surface area contributed by atoms with Crippen molar-refractivity contribution in [2.75, 3.05) is 18.4 Å². The molecule has 2 N–H and O–H groups in total. The van der Waals surface area contributed by atoms with Crippen molar-refractivity contribution in [3.05, 3.63) is 65.2 Å². The van der Waals surface area contributed by atoms with Gasteiger partial charge in [-0.2, -0.15) is 0 Å². The Labute approximate surface area is 160 Å². The van der Waals surface area contributed by atoms with E-state index in [-0.39, 0.29) is 11.9 Å². The lowest BCUT2D eigenvalue weighted by atomic mass is 9.98. The molecule has 5 nitrogen and oxygen atoms in total. The van der Waals surface area contributed by atoms with Gasteiger partial charge >= 0.3 is 6.03 Å². The van der Waals surface area contributed by atoms with E-state index in [0.29, 0.717) is 23.7 Å². The molecule has 0 bridgehead atoms. The van der Waals surface area contributed by atoms with Crippen LogP contribution in [-0.4, -0.2) is 29.9 Å². The van der Waals surface area contributed by atoms with Crippen molar-refractivity contribution in [2.45, 2.75) is 33.2 Å². The summed E-state index contributed by atoms with van der Waals surface area (Å²) in [4.78, 5) is 26.7. The number of anilines is 1. The predicted octanol–water partition coefficient (Wildman–Crippen LogP) is 4.19. The average Bonchev–Trinajstić information content (AvgIpc) is 2.69. The van der Waals surface area contributed by atoms with E-state index in [1.807, 2.05) is 48.2 Å². The first-order valence-corrected chi connectivity index (χ1v) is 9.51. The molecule has 0 atom stereocenters. The summed E-state index contributed by atoms with van der Waals surface area (Å²) >= 11 is 0. The number of hydrogen-bond donors (Lipinski definition) is 2. The average molecular weight is 365 g/mol. The van der Waals surface area contributed by atoms with E-state index in [2.05, 4.69) is 17.6 Å². The number of hydrogen-bond acceptors (Lipinski definition) is 2. The molecular weight excluding hydrogens is 338 g/mol. The Morgan fingerprint density at radius 3 is 2.44 bits per heavy atom. The second kappa shape index (κ2) is 8.71. The first-order valence-electron chi connectivity index (χ1n) is 9.51. The molecule has 0 spiro atoms. The summed E-state index contributed by atoms with van der Waals surface area (Å²) in [6.45, 7) is 6.24. The van der Waals surface area contributed by atoms with Gasteiger partial charge in [-0.1, -0.05) is 37.3 Å². The van der Waals surface area contributed by atoms with E-state index < -0.39 is 0 Å². The largest absolute Gasteiger partial charge is 0.339 e. The number of carbonyl (C=O) groups excluding carboxylic acids is 2. The summed E-state index contributed by atoms with van der Waals surface area (Å²) in [5.41, 5.74) is 3.31. The van der Waals surface area contributed by atoms with Crippen molar-refractivity contribution in [2.24, 2.45) is 5.92 Å². The number of amides is 3. The maximum atomic E-state index is 12.7. The fourth-order valence-corrected chi connectivity index (χ4v) is 3.28. The topological polar surface area (TPSA) is 61.4 Å². The predicted molar refractivity (Wildman–Crippen MR) is 108 cm³/mol. The zero-order chi connectivity index (χ0) is 19.2. The van der Waals surface area contributed by atoms with Gasteiger partial charge in [-0.25, -0.2) is 4.79 Å². The van der Waals surface area contributed by atoms with Crippen LogP contribution in [0.4, 0.5) is 10.5 Å². The zero-order valence-electron chi connectivity index (χ0n) is 16.0. The maximum Gasteiger partial charge on any atom is 0.319 e. The Hall–Kier alpha value is -2.82. The normalized spacial score (nSPS) is 14.7. The first-order chi connectivity index (χ1) is 13.0. The Morgan fingerprint density at radius 1 is 1.07 bits per heavy atom. The molecule has 0 unspecified atom stereocenters. The van der Waals surface area contributed by atoms with Gasteiger partial charge in [0.25, 0.3) is 5.91 Å². The Kier molecular flexibility index (Phi) is 6.12. The minimum atomic E-state index is -0.258. The molecular formula is C22H27N3O2. The number of carbonyl (C=O) groups is 2. The molecule has 1 aliphatic heterocycles. The van der Waals surface area contributed by atoms with Crippen molar-refractivity contribution in [3.8, 4) is 0 Å². The third-order valence-electron chi connectivity index (χ3n) is 5.09. The molecule has 0 aliphatic carbocycles. The van der Waals surface area contributed by atoms with Gasteiger partial charge in [0.2, 0.25) is 0 Å². The van der Waals surface area contributed by atoms with E-state index in [1.54, 1.807) is 12.1 Å². The first kappa shape index (κ1) is 19.0. The highest BCUT2D eigenvalue weighted by Gasteiger charge is 2.21. The molecule has 5 heteroatoms. The lowest BCUT2D eigenvalue weighted by molar-refractivity contribution is 0.0697. The summed E-state index contributed by atoms with van der Waals surface area (Å²) in [6, 6.07) is 15.0. The van der Waals surface area contributed by atoms with Crippen LogP contribution in [0.5, 0.6) is 0 Å². The molecule has 3 rings (SSSR count). The SMILES string of the molecule is Cc1cc(C(=O)N2CCC(C)CC2)ccc1NC(=O)NCc1ccccc1. The summed E-state index contributed by atoms with van der Waals surface area (Å²) < 4.78 is 0. The van der Waals surface area contributed by atoms with E-state index >= 15 is 0 Å². The lowest BCUT2D eigenvalue weighted by Gasteiger charge is -2.30. The molecule has 3 amide bonds. The molecule has 142 valence electrons. The zero-order valence-corrected chi connectivity index (χ0v) is 16.0. The second-order valence-electron chi connectivity index (χ2n) is 7.30. The second-order valence-corrected chi connectivity index (χ2v) is 7.30. The molecule has 27 heavy (non-hydrogen) atoms. The summed E-state index contributed by atoms with van der Waals surface area (Å²) in [5, 5.41) is 5.70. The highest BCUT2D eigenvalue weighted by molar-refractivity contribution is 5.96. The van der Waals surface area contributed by atoms with Crippen LogP contribution in [0, 0.1) is 12.8 Å². The van der Waals surface area contributed by atoms with Gasteiger partial charge in [-0.05, 0) is 55.0 Å². The summed E-state index contributed by atoms with van der Waals surface area (Å²) in [5.74, 6) is 0.766. The van der Waals surface area contributed by atoms with Gasteiger partial charge in [0, 0.05) is 30.9 Å². The van der Waals surface area contributed by atoms with Gasteiger partial charge < -0.3 is 15.5 Å². The van der Waals surface area contributed by atoms with E-state index in [1.165, 1.54) is 0 Å². The number of nitrogens with zero attached hydrogens (tertiary/aromatic N) is 1. The van der Waals surface area contributed by atoms with Crippen LogP contribution in [0.3, 0.4) is 0 Å². The molecule has 0 radical (unpaired) electrons. The third kappa shape index (κ3) is 5.09. The van der Waals surface area contributed by atoms with Crippen LogP contribution >= 0.6 is 0 Å². The van der Waals surface area contributed by atoms with Crippen LogP contribution in [0.1, 0.15) is 41.3 Å². The molecule has 1 aliphatic rings. The van der Waals surface area contributed by atoms with Crippen molar-refractivity contribution >= 4 is 17.6 Å². The monoisotopic (exact) mass is 365 g/mol. The van der Waals surface area contributed by atoms with Crippen LogP contribution in [0.15, 0.2) is 48.5 Å². The number of nitrogens with one attached hydrogen (secondary N) is 2. The van der Waals surface area contributed by atoms with Crippen molar-refractivity contribution < 1.29 is 9.59 Å². The standard InChI is InChI=1S/C22H27N3O2/c1-16-10-12-25(13-11-16)21(26)19-8-9-20(17(2)14-19)24-22(27)23-15-18-6-4-3-5-7-18/h3-9,14,16H,10-13,15H2,1-2H3,(H2,23,24,27). The highest BCUT2D eigenvalue weighted by atomic mass is 16.2. The van der Waals surface area contributed by atoms with Crippen LogP contribution in [0.2, 0.25) is 0 Å². The summed E-state index contributed by atoms with van der Waals surface area (Å²) in [6.07, 6.45) is 2.12. The number of likely N-dealkylation sites (tertiary alicyclic amines) is 1. The van der Waals surface area contributed by atoms with Gasteiger partial charge in [0.15, 0.2) is 0 Å². The highest BCUT2D eigenvalue weighted by Crippen LogP contribution is 2.21. The molecule has 1 saturated heterocycles. The van der Waals surface area contributed by atoms with Gasteiger partial charge in [0.1, 0.15) is 0 Å². The fraction of sp³-hybridized carbons (Fsp3) is 0.364.